The van der Waals surface area contributed by atoms with E-state index in [1.807, 2.05) is 12.1 Å². The van der Waals surface area contributed by atoms with Gasteiger partial charge in [0.25, 0.3) is 0 Å². The van der Waals surface area contributed by atoms with E-state index in [4.69, 9.17) is 5.73 Å². The van der Waals surface area contributed by atoms with Gasteiger partial charge < -0.3 is 11.1 Å². The van der Waals surface area contributed by atoms with Crippen molar-refractivity contribution in [3.63, 3.8) is 0 Å². The third kappa shape index (κ3) is 2.56. The first-order chi connectivity index (χ1) is 8.49. The lowest BCUT2D eigenvalue weighted by Crippen LogP contribution is -2.24. The third-order valence-electron chi connectivity index (χ3n) is 4.03. The summed E-state index contributed by atoms with van der Waals surface area (Å²) >= 11 is 0. The fourth-order valence-electron chi connectivity index (χ4n) is 2.33. The number of carbonyl (C=O) groups excluding carboxylic acids is 1. The van der Waals surface area contributed by atoms with E-state index in [0.29, 0.717) is 18.3 Å². The summed E-state index contributed by atoms with van der Waals surface area (Å²) < 4.78 is 0. The fourth-order valence-corrected chi connectivity index (χ4v) is 2.33. The van der Waals surface area contributed by atoms with Crippen molar-refractivity contribution in [2.45, 2.75) is 39.7 Å². The molecular formula is C15H22N2O. The number of anilines is 1. The Labute approximate surface area is 109 Å². The van der Waals surface area contributed by atoms with Gasteiger partial charge in [-0.1, -0.05) is 32.9 Å². The highest BCUT2D eigenvalue weighted by Crippen LogP contribution is 2.30. The van der Waals surface area contributed by atoms with E-state index in [9.17, 15) is 4.79 Å². The molecule has 0 fully saturated rings. The topological polar surface area (TPSA) is 55.1 Å². The molecule has 0 saturated heterocycles. The summed E-state index contributed by atoms with van der Waals surface area (Å²) in [5.74, 6) is 1.12. The standard InChI is InChI=1S/C15H22N2O/c1-9(2)10(3)15(16)12-4-6-13-11(8-12)5-7-14(18)17-13/h4,6,8-10,15H,5,7,16H2,1-3H3,(H,17,18). The van der Waals surface area contributed by atoms with Crippen LogP contribution in [0.15, 0.2) is 18.2 Å². The molecule has 0 saturated carbocycles. The lowest BCUT2D eigenvalue weighted by atomic mass is 9.85. The number of benzene rings is 1. The highest BCUT2D eigenvalue weighted by molar-refractivity contribution is 5.93. The van der Waals surface area contributed by atoms with Crippen LogP contribution in [0.4, 0.5) is 5.69 Å². The van der Waals surface area contributed by atoms with Gasteiger partial charge >= 0.3 is 0 Å². The Kier molecular flexibility index (Phi) is 3.71. The first-order valence-corrected chi connectivity index (χ1v) is 6.67. The van der Waals surface area contributed by atoms with Gasteiger partial charge in [-0.3, -0.25) is 4.79 Å². The van der Waals surface area contributed by atoms with E-state index in [1.54, 1.807) is 0 Å². The van der Waals surface area contributed by atoms with Gasteiger partial charge in [-0.25, -0.2) is 0 Å². The molecule has 1 aromatic carbocycles. The predicted octanol–water partition coefficient (Wildman–Crippen LogP) is 2.86. The zero-order valence-electron chi connectivity index (χ0n) is 11.4. The zero-order chi connectivity index (χ0) is 13.3. The number of hydrogen-bond donors (Lipinski definition) is 2. The minimum Gasteiger partial charge on any atom is -0.326 e. The van der Waals surface area contributed by atoms with E-state index in [1.165, 1.54) is 11.1 Å². The summed E-state index contributed by atoms with van der Waals surface area (Å²) in [5.41, 5.74) is 9.64. The van der Waals surface area contributed by atoms with Gasteiger partial charge in [0.15, 0.2) is 0 Å². The number of rotatable bonds is 3. The van der Waals surface area contributed by atoms with Crippen LogP contribution in [-0.2, 0) is 11.2 Å². The Morgan fingerprint density at radius 2 is 1.94 bits per heavy atom. The smallest absolute Gasteiger partial charge is 0.224 e. The van der Waals surface area contributed by atoms with Gasteiger partial charge in [-0.15, -0.1) is 0 Å². The van der Waals surface area contributed by atoms with Crippen LogP contribution in [0.3, 0.4) is 0 Å². The fraction of sp³-hybridized carbons (Fsp3) is 0.533. The second kappa shape index (κ2) is 5.11. The van der Waals surface area contributed by atoms with Crippen molar-refractivity contribution in [1.29, 1.82) is 0 Å². The molecular weight excluding hydrogens is 224 g/mol. The number of nitrogens with one attached hydrogen (secondary N) is 1. The maximum Gasteiger partial charge on any atom is 0.224 e. The molecule has 1 aliphatic heterocycles. The summed E-state index contributed by atoms with van der Waals surface area (Å²) in [4.78, 5) is 11.3. The number of carbonyl (C=O) groups is 1. The van der Waals surface area contributed by atoms with E-state index < -0.39 is 0 Å². The summed E-state index contributed by atoms with van der Waals surface area (Å²) in [7, 11) is 0. The lowest BCUT2D eigenvalue weighted by molar-refractivity contribution is -0.116. The average molecular weight is 246 g/mol. The van der Waals surface area contributed by atoms with Crippen LogP contribution in [0.2, 0.25) is 0 Å². The normalized spacial score (nSPS) is 18.2. The molecule has 2 atom stereocenters. The number of amides is 1. The SMILES string of the molecule is CC(C)C(C)C(N)c1ccc2c(c1)CCC(=O)N2. The molecule has 0 radical (unpaired) electrons. The number of fused-ring (bicyclic) bond motifs is 1. The van der Waals surface area contributed by atoms with Crippen molar-refractivity contribution in [3.05, 3.63) is 29.3 Å². The Morgan fingerprint density at radius 3 is 2.61 bits per heavy atom. The molecule has 3 nitrogen and oxygen atoms in total. The molecule has 3 N–H and O–H groups in total. The number of aryl methyl sites for hydroxylation is 1. The second-order valence-electron chi connectivity index (χ2n) is 5.59. The number of hydrogen-bond acceptors (Lipinski definition) is 2. The Hall–Kier alpha value is -1.35. The van der Waals surface area contributed by atoms with Crippen LogP contribution >= 0.6 is 0 Å². The van der Waals surface area contributed by atoms with Crippen molar-refractivity contribution >= 4 is 11.6 Å². The third-order valence-corrected chi connectivity index (χ3v) is 4.03. The Balaban J connectivity index is 2.23. The molecule has 1 aliphatic rings. The minimum absolute atomic E-state index is 0.0629. The Bertz CT molecular complexity index is 454. The minimum atomic E-state index is 0.0629. The summed E-state index contributed by atoms with van der Waals surface area (Å²) in [6.07, 6.45) is 1.39. The first kappa shape index (κ1) is 13.1. The molecule has 2 unspecified atom stereocenters. The van der Waals surface area contributed by atoms with E-state index in [-0.39, 0.29) is 11.9 Å². The molecule has 0 bridgehead atoms. The highest BCUT2D eigenvalue weighted by atomic mass is 16.1. The predicted molar refractivity (Wildman–Crippen MR) is 74.3 cm³/mol. The van der Waals surface area contributed by atoms with Crippen LogP contribution in [0.1, 0.15) is 44.4 Å². The molecule has 3 heteroatoms. The second-order valence-corrected chi connectivity index (χ2v) is 5.59. The molecule has 18 heavy (non-hydrogen) atoms. The average Bonchev–Trinajstić information content (AvgIpc) is 2.36. The maximum absolute atomic E-state index is 11.3. The van der Waals surface area contributed by atoms with Crippen LogP contribution in [0.25, 0.3) is 0 Å². The van der Waals surface area contributed by atoms with Crippen LogP contribution in [0.5, 0.6) is 0 Å². The van der Waals surface area contributed by atoms with Crippen molar-refractivity contribution < 1.29 is 4.79 Å². The van der Waals surface area contributed by atoms with Gasteiger partial charge in [0, 0.05) is 18.2 Å². The molecule has 2 rings (SSSR count). The first-order valence-electron chi connectivity index (χ1n) is 6.67. The summed E-state index contributed by atoms with van der Waals surface area (Å²) in [6.45, 7) is 6.59. The largest absolute Gasteiger partial charge is 0.326 e. The maximum atomic E-state index is 11.3. The molecule has 98 valence electrons. The van der Waals surface area contributed by atoms with Crippen LogP contribution in [0, 0.1) is 11.8 Å². The van der Waals surface area contributed by atoms with Crippen LogP contribution < -0.4 is 11.1 Å². The summed E-state index contributed by atoms with van der Waals surface area (Å²) in [5, 5.41) is 2.90. The van der Waals surface area contributed by atoms with E-state index in [2.05, 4.69) is 32.2 Å². The molecule has 1 aromatic rings. The van der Waals surface area contributed by atoms with Gasteiger partial charge in [0.1, 0.15) is 0 Å². The molecule has 0 spiro atoms. The quantitative estimate of drug-likeness (QED) is 0.861. The molecule has 0 aromatic heterocycles. The van der Waals surface area contributed by atoms with E-state index >= 15 is 0 Å². The highest BCUT2D eigenvalue weighted by Gasteiger charge is 2.20. The van der Waals surface area contributed by atoms with Crippen molar-refractivity contribution in [3.8, 4) is 0 Å². The van der Waals surface area contributed by atoms with Crippen molar-refractivity contribution in [1.82, 2.24) is 0 Å². The summed E-state index contributed by atoms with van der Waals surface area (Å²) in [6, 6.07) is 6.23. The lowest BCUT2D eigenvalue weighted by Gasteiger charge is -2.25. The van der Waals surface area contributed by atoms with Crippen molar-refractivity contribution in [2.24, 2.45) is 17.6 Å². The van der Waals surface area contributed by atoms with Gasteiger partial charge in [-0.05, 0) is 35.4 Å². The van der Waals surface area contributed by atoms with Gasteiger partial charge in [-0.2, -0.15) is 0 Å². The molecule has 0 aliphatic carbocycles. The van der Waals surface area contributed by atoms with Crippen molar-refractivity contribution in [2.75, 3.05) is 5.32 Å². The molecule has 1 heterocycles. The van der Waals surface area contributed by atoms with Crippen LogP contribution in [-0.4, -0.2) is 5.91 Å². The Morgan fingerprint density at radius 1 is 1.22 bits per heavy atom. The van der Waals surface area contributed by atoms with Gasteiger partial charge in [0.05, 0.1) is 0 Å². The van der Waals surface area contributed by atoms with Gasteiger partial charge in [0.2, 0.25) is 5.91 Å². The molecule has 1 amide bonds. The number of nitrogens with two attached hydrogens (primary N) is 1. The van der Waals surface area contributed by atoms with E-state index in [0.717, 1.165) is 12.1 Å². The monoisotopic (exact) mass is 246 g/mol. The zero-order valence-corrected chi connectivity index (χ0v) is 11.4.